The Bertz CT molecular complexity index is 660. The molecule has 1 N–H and O–H groups in total. The fraction of sp³-hybridized carbons (Fsp3) is 0.471. The van der Waals surface area contributed by atoms with Crippen LogP contribution in [0.25, 0.3) is 0 Å². The molecule has 2 aliphatic heterocycles. The van der Waals surface area contributed by atoms with Gasteiger partial charge in [0.2, 0.25) is 18.0 Å². The van der Waals surface area contributed by atoms with Crippen molar-refractivity contribution in [3.05, 3.63) is 35.4 Å². The number of ether oxygens (including phenoxy) is 2. The van der Waals surface area contributed by atoms with Crippen LogP contribution >= 0.6 is 0 Å². The molecular weight excluding hydrogens is 312 g/mol. The predicted octanol–water partition coefficient (Wildman–Crippen LogP) is 0.999. The van der Waals surface area contributed by atoms with Crippen LogP contribution in [-0.2, 0) is 19.1 Å². The van der Waals surface area contributed by atoms with Crippen molar-refractivity contribution in [2.45, 2.75) is 31.5 Å². The first-order valence-electron chi connectivity index (χ1n) is 8.01. The largest absolute Gasteiger partial charge is 0.433 e. The Morgan fingerprint density at radius 2 is 2.17 bits per heavy atom. The van der Waals surface area contributed by atoms with Crippen molar-refractivity contribution in [3.63, 3.8) is 0 Å². The van der Waals surface area contributed by atoms with Crippen molar-refractivity contribution in [1.29, 1.82) is 0 Å². The summed E-state index contributed by atoms with van der Waals surface area (Å²) in [5.74, 6) is -0.867. The van der Waals surface area contributed by atoms with Gasteiger partial charge in [-0.25, -0.2) is 4.79 Å². The van der Waals surface area contributed by atoms with Crippen LogP contribution in [0.4, 0.5) is 0 Å². The fourth-order valence-electron chi connectivity index (χ4n) is 3.13. The van der Waals surface area contributed by atoms with Crippen molar-refractivity contribution >= 4 is 17.8 Å². The van der Waals surface area contributed by atoms with Crippen LogP contribution in [0, 0.1) is 0 Å². The van der Waals surface area contributed by atoms with Gasteiger partial charge in [-0.15, -0.1) is 0 Å². The number of benzene rings is 1. The van der Waals surface area contributed by atoms with Gasteiger partial charge in [-0.1, -0.05) is 18.2 Å². The van der Waals surface area contributed by atoms with Crippen molar-refractivity contribution in [2.75, 3.05) is 20.3 Å². The molecule has 1 fully saturated rings. The molecule has 128 valence electrons. The lowest BCUT2D eigenvalue weighted by Crippen LogP contribution is -2.46. The highest BCUT2D eigenvalue weighted by Gasteiger charge is 2.46. The minimum absolute atomic E-state index is 0.179. The summed E-state index contributed by atoms with van der Waals surface area (Å²) in [6.07, 6.45) is 0.570. The third-order valence-corrected chi connectivity index (χ3v) is 4.30. The smallest absolute Gasteiger partial charge is 0.340 e. The molecule has 0 aromatic heterocycles. The Balaban J connectivity index is 1.75. The second-order valence-electron chi connectivity index (χ2n) is 5.84. The van der Waals surface area contributed by atoms with E-state index in [2.05, 4.69) is 5.32 Å². The Labute approximate surface area is 139 Å². The highest BCUT2D eigenvalue weighted by molar-refractivity contribution is 5.96. The minimum atomic E-state index is -0.821. The van der Waals surface area contributed by atoms with Crippen molar-refractivity contribution in [1.82, 2.24) is 10.2 Å². The molecule has 24 heavy (non-hydrogen) atoms. The van der Waals surface area contributed by atoms with Crippen LogP contribution in [0.5, 0.6) is 0 Å². The SMILES string of the molecule is COCCCNC(=O)[C@H]1CCC(=O)N1[C@@H]1OC(=O)c2ccccc21. The lowest BCUT2D eigenvalue weighted by molar-refractivity contribution is -0.145. The number of esters is 1. The fourth-order valence-corrected chi connectivity index (χ4v) is 3.13. The van der Waals surface area contributed by atoms with Gasteiger partial charge in [-0.05, 0) is 18.9 Å². The number of hydrogen-bond acceptors (Lipinski definition) is 5. The third-order valence-electron chi connectivity index (χ3n) is 4.30. The number of nitrogens with zero attached hydrogens (tertiary/aromatic N) is 1. The summed E-state index contributed by atoms with van der Waals surface area (Å²) in [6.45, 7) is 1.04. The quantitative estimate of drug-likeness (QED) is 0.620. The van der Waals surface area contributed by atoms with Crippen molar-refractivity contribution in [2.24, 2.45) is 0 Å². The molecule has 7 heteroatoms. The average molecular weight is 332 g/mol. The lowest BCUT2D eigenvalue weighted by Gasteiger charge is -2.29. The first-order chi connectivity index (χ1) is 11.6. The zero-order valence-corrected chi connectivity index (χ0v) is 13.5. The maximum atomic E-state index is 12.4. The molecule has 2 aliphatic rings. The third kappa shape index (κ3) is 2.99. The summed E-state index contributed by atoms with van der Waals surface area (Å²) < 4.78 is 10.3. The van der Waals surface area contributed by atoms with Gasteiger partial charge in [-0.2, -0.15) is 0 Å². The van der Waals surface area contributed by atoms with Gasteiger partial charge in [0.15, 0.2) is 0 Å². The van der Waals surface area contributed by atoms with Crippen LogP contribution in [0.1, 0.15) is 41.4 Å². The van der Waals surface area contributed by atoms with E-state index >= 15 is 0 Å². The van der Waals surface area contributed by atoms with Gasteiger partial charge in [0.05, 0.1) is 5.56 Å². The Hall–Kier alpha value is -2.41. The highest BCUT2D eigenvalue weighted by atomic mass is 16.6. The Morgan fingerprint density at radius 3 is 2.96 bits per heavy atom. The maximum absolute atomic E-state index is 12.4. The van der Waals surface area contributed by atoms with Crippen LogP contribution in [0.15, 0.2) is 24.3 Å². The van der Waals surface area contributed by atoms with Gasteiger partial charge < -0.3 is 14.8 Å². The molecule has 2 amide bonds. The topological polar surface area (TPSA) is 84.9 Å². The normalized spacial score (nSPS) is 22.5. The van der Waals surface area contributed by atoms with Gasteiger partial charge >= 0.3 is 5.97 Å². The van der Waals surface area contributed by atoms with E-state index in [9.17, 15) is 14.4 Å². The van der Waals surface area contributed by atoms with Gasteiger partial charge in [0, 0.05) is 32.2 Å². The molecule has 0 bridgehead atoms. The summed E-state index contributed by atoms with van der Waals surface area (Å²) in [4.78, 5) is 38.1. The number of rotatable bonds is 6. The predicted molar refractivity (Wildman–Crippen MR) is 84.0 cm³/mol. The number of nitrogens with one attached hydrogen (secondary N) is 1. The molecule has 1 saturated heterocycles. The Kier molecular flexibility index (Phi) is 4.80. The van der Waals surface area contributed by atoms with Crippen LogP contribution in [0.2, 0.25) is 0 Å². The first kappa shape index (κ1) is 16.4. The number of methoxy groups -OCH3 is 1. The molecule has 0 saturated carbocycles. The number of amides is 2. The number of carbonyl (C=O) groups excluding carboxylic acids is 3. The van der Waals surface area contributed by atoms with Crippen LogP contribution in [0.3, 0.4) is 0 Å². The molecule has 0 unspecified atom stereocenters. The highest BCUT2D eigenvalue weighted by Crippen LogP contribution is 2.38. The molecule has 1 aromatic carbocycles. The summed E-state index contributed by atoms with van der Waals surface area (Å²) in [6, 6.07) is 6.33. The standard InChI is InChI=1S/C17H20N2O5/c1-23-10-4-9-18-15(21)13-7-8-14(20)19(13)16-11-5-2-3-6-12(11)17(22)24-16/h2-3,5-6,13,16H,4,7-10H2,1H3,(H,18,21)/t13-,16-/m1/s1. The number of hydrogen-bond donors (Lipinski definition) is 1. The van der Waals surface area contributed by atoms with E-state index in [0.29, 0.717) is 37.1 Å². The molecule has 0 aliphatic carbocycles. The van der Waals surface area contributed by atoms with E-state index < -0.39 is 18.2 Å². The second kappa shape index (κ2) is 7.00. The van der Waals surface area contributed by atoms with Gasteiger partial charge in [-0.3, -0.25) is 14.5 Å². The Morgan fingerprint density at radius 1 is 1.38 bits per heavy atom. The van der Waals surface area contributed by atoms with E-state index in [0.717, 1.165) is 0 Å². The molecule has 1 aromatic rings. The minimum Gasteiger partial charge on any atom is -0.433 e. The van der Waals surface area contributed by atoms with Crippen molar-refractivity contribution in [3.8, 4) is 0 Å². The number of fused-ring (bicyclic) bond motifs is 1. The number of likely N-dealkylation sites (tertiary alicyclic amines) is 1. The monoisotopic (exact) mass is 332 g/mol. The molecule has 3 rings (SSSR count). The summed E-state index contributed by atoms with van der Waals surface area (Å²) in [5, 5.41) is 2.82. The first-order valence-corrected chi connectivity index (χ1v) is 8.01. The van der Waals surface area contributed by atoms with Crippen LogP contribution in [-0.4, -0.2) is 49.0 Å². The van der Waals surface area contributed by atoms with Gasteiger partial charge in [0.1, 0.15) is 6.04 Å². The second-order valence-corrected chi connectivity index (χ2v) is 5.84. The average Bonchev–Trinajstić information content (AvgIpc) is 3.12. The molecule has 2 heterocycles. The number of carbonyl (C=O) groups is 3. The summed E-state index contributed by atoms with van der Waals surface area (Å²) >= 11 is 0. The summed E-state index contributed by atoms with van der Waals surface area (Å²) in [5.41, 5.74) is 1.08. The van der Waals surface area contributed by atoms with E-state index in [4.69, 9.17) is 9.47 Å². The van der Waals surface area contributed by atoms with E-state index in [1.54, 1.807) is 31.4 Å². The molecular formula is C17H20N2O5. The molecule has 0 spiro atoms. The van der Waals surface area contributed by atoms with Crippen LogP contribution < -0.4 is 5.32 Å². The van der Waals surface area contributed by atoms with Gasteiger partial charge in [0.25, 0.3) is 0 Å². The van der Waals surface area contributed by atoms with E-state index in [1.807, 2.05) is 0 Å². The maximum Gasteiger partial charge on any atom is 0.340 e. The van der Waals surface area contributed by atoms with Crippen molar-refractivity contribution < 1.29 is 23.9 Å². The molecule has 2 atom stereocenters. The van der Waals surface area contributed by atoms with E-state index in [-0.39, 0.29) is 18.2 Å². The number of cyclic esters (lactones) is 1. The lowest BCUT2D eigenvalue weighted by atomic mass is 10.1. The zero-order valence-electron chi connectivity index (χ0n) is 13.5. The molecule has 0 radical (unpaired) electrons. The zero-order chi connectivity index (χ0) is 17.1. The van der Waals surface area contributed by atoms with E-state index in [1.165, 1.54) is 4.90 Å². The summed E-state index contributed by atoms with van der Waals surface area (Å²) in [7, 11) is 1.60. The molecule has 7 nitrogen and oxygen atoms in total.